The first kappa shape index (κ1) is 56.1. The summed E-state index contributed by atoms with van der Waals surface area (Å²) in [4.78, 5) is 0. The van der Waals surface area contributed by atoms with Crippen LogP contribution in [0.25, 0.3) is 0 Å². The highest BCUT2D eigenvalue weighted by molar-refractivity contribution is 5.26. The zero-order chi connectivity index (χ0) is 52.9. The largest absolute Gasteiger partial charge is 0.394 e. The Labute approximate surface area is 431 Å². The molecular weight excluding hydrogens is 977 g/mol. The Morgan fingerprint density at radius 3 is 1.93 bits per heavy atom. The molecule has 6 heterocycles. The van der Waals surface area contributed by atoms with Crippen molar-refractivity contribution in [3.05, 3.63) is 11.6 Å². The number of hydrogen-bond donors (Lipinski definition) is 12. The van der Waals surface area contributed by atoms with Gasteiger partial charge in [0.05, 0.1) is 51.3 Å². The minimum atomic E-state index is -1.86. The molecule has 0 amide bonds. The van der Waals surface area contributed by atoms with Crippen LogP contribution in [0.2, 0.25) is 0 Å². The molecule has 0 radical (unpaired) electrons. The molecule has 0 bridgehead atoms. The molecule has 0 aromatic carbocycles. The van der Waals surface area contributed by atoms with Crippen molar-refractivity contribution in [2.45, 2.75) is 233 Å². The third-order valence-electron chi connectivity index (χ3n) is 20.1. The molecule has 10 aliphatic rings. The van der Waals surface area contributed by atoms with Crippen molar-refractivity contribution in [2.75, 3.05) is 33.0 Å². The molecule has 0 aromatic rings. The molecule has 424 valence electrons. The van der Waals surface area contributed by atoms with Crippen LogP contribution in [0.15, 0.2) is 11.6 Å². The van der Waals surface area contributed by atoms with Gasteiger partial charge >= 0.3 is 0 Å². The normalized spacial score (nSPS) is 56.5. The number of aliphatic hydroxyl groups excluding tert-OH is 12. The fraction of sp³-hybridized carbons (Fsp3) is 0.962. The highest BCUT2D eigenvalue weighted by atomic mass is 16.8. The highest BCUT2D eigenvalue weighted by Crippen LogP contribution is 2.71. The Kier molecular flexibility index (Phi) is 16.5. The van der Waals surface area contributed by atoms with Crippen LogP contribution in [0.4, 0.5) is 0 Å². The third kappa shape index (κ3) is 9.59. The minimum Gasteiger partial charge on any atom is -0.394 e. The SMILES string of the molecule is CC1CCC2(OC1)OC1CC3C4CC=C5CC(OC6OC(CO)C(O)C(OC7OC(C)C(O)C(O)C7O)C6OCC6OC(CO)C(OC7OC(CO)C(O)C(O)C7O)C(O)C6O)CCC5(C)C4CCC3(C)C1C2C. The van der Waals surface area contributed by atoms with Gasteiger partial charge in [-0.3, -0.25) is 0 Å². The summed E-state index contributed by atoms with van der Waals surface area (Å²) in [7, 11) is 0. The van der Waals surface area contributed by atoms with Gasteiger partial charge in [-0.05, 0) is 98.7 Å². The maximum atomic E-state index is 11.8. The van der Waals surface area contributed by atoms with Crippen LogP contribution in [0, 0.1) is 46.3 Å². The zero-order valence-corrected chi connectivity index (χ0v) is 43.1. The Morgan fingerprint density at radius 1 is 0.595 bits per heavy atom. The summed E-state index contributed by atoms with van der Waals surface area (Å²) in [6, 6.07) is 0. The van der Waals surface area contributed by atoms with Crippen LogP contribution in [0.5, 0.6) is 0 Å². The molecule has 74 heavy (non-hydrogen) atoms. The first-order valence-corrected chi connectivity index (χ1v) is 27.3. The van der Waals surface area contributed by atoms with Gasteiger partial charge in [0.1, 0.15) is 97.7 Å². The topological polar surface area (TPSA) is 335 Å². The average Bonchev–Trinajstić information content (AvgIpc) is 3.84. The van der Waals surface area contributed by atoms with Crippen LogP contribution in [0.3, 0.4) is 0 Å². The second-order valence-electron chi connectivity index (χ2n) is 24.2. The Hall–Kier alpha value is -1.14. The first-order chi connectivity index (χ1) is 35.2. The quantitative estimate of drug-likeness (QED) is 0.0948. The number of allylic oxidation sites excluding steroid dienone is 1. The molecule has 31 unspecified atom stereocenters. The van der Waals surface area contributed by atoms with Crippen molar-refractivity contribution in [3.63, 3.8) is 0 Å². The minimum absolute atomic E-state index is 0.0869. The van der Waals surface area contributed by atoms with Crippen LogP contribution in [-0.4, -0.2) is 235 Å². The van der Waals surface area contributed by atoms with Crippen LogP contribution in [-0.2, 0) is 47.4 Å². The lowest BCUT2D eigenvalue weighted by molar-refractivity contribution is -0.371. The van der Waals surface area contributed by atoms with Gasteiger partial charge in [0, 0.05) is 12.3 Å². The summed E-state index contributed by atoms with van der Waals surface area (Å²) in [5, 5.41) is 129. The monoisotopic (exact) mass is 1060 g/mol. The Bertz CT molecular complexity index is 1940. The van der Waals surface area contributed by atoms with E-state index < -0.39 is 161 Å². The third-order valence-corrected chi connectivity index (χ3v) is 20.1. The van der Waals surface area contributed by atoms with Gasteiger partial charge in [0.15, 0.2) is 24.7 Å². The van der Waals surface area contributed by atoms with Gasteiger partial charge in [-0.1, -0.05) is 39.3 Å². The van der Waals surface area contributed by atoms with Crippen molar-refractivity contribution in [2.24, 2.45) is 46.3 Å². The molecule has 6 saturated heterocycles. The maximum Gasteiger partial charge on any atom is 0.187 e. The van der Waals surface area contributed by atoms with E-state index in [9.17, 15) is 61.3 Å². The number of ether oxygens (including phenoxy) is 10. The number of rotatable bonds is 12. The highest BCUT2D eigenvalue weighted by Gasteiger charge is 2.69. The predicted octanol–water partition coefficient (Wildman–Crippen LogP) is -1.92. The smallest absolute Gasteiger partial charge is 0.187 e. The molecule has 22 heteroatoms. The van der Waals surface area contributed by atoms with E-state index in [-0.39, 0.29) is 16.9 Å². The van der Waals surface area contributed by atoms with E-state index in [0.717, 1.165) is 51.6 Å². The molecule has 0 aromatic heterocycles. The van der Waals surface area contributed by atoms with Gasteiger partial charge in [0.25, 0.3) is 0 Å². The van der Waals surface area contributed by atoms with Gasteiger partial charge in [-0.15, -0.1) is 0 Å². The van der Waals surface area contributed by atoms with Crippen LogP contribution in [0.1, 0.15) is 92.4 Å². The molecule has 31 atom stereocenters. The molecular formula is C52H84O22. The number of fused-ring (bicyclic) bond motifs is 7. The summed E-state index contributed by atoms with van der Waals surface area (Å²) in [5.74, 6) is 2.33. The van der Waals surface area contributed by atoms with E-state index in [1.807, 2.05) is 0 Å². The van der Waals surface area contributed by atoms with Crippen LogP contribution >= 0.6 is 0 Å². The van der Waals surface area contributed by atoms with E-state index in [2.05, 4.69) is 33.8 Å². The van der Waals surface area contributed by atoms with E-state index in [4.69, 9.17) is 47.4 Å². The molecule has 10 rings (SSSR count). The van der Waals surface area contributed by atoms with Gasteiger partial charge in [-0.25, -0.2) is 0 Å². The maximum absolute atomic E-state index is 11.8. The van der Waals surface area contributed by atoms with E-state index in [1.165, 1.54) is 12.5 Å². The standard InChI is InChI=1S/C52H84O22/c1-21-8-13-52(66-19-21)22(2)34-29(74-52)15-28-26-7-6-24-14-25(9-11-50(24,4)27(26)10-12-51(28,34)5)68-49-46(45(38(59)31(17-54)71-49)73-47-42(63)39(60)35(56)23(3)67-47)65-20-33-37(58)41(62)44(32(18-55)69-33)72-48-43(64)40(61)36(57)30(16-53)70-48/h6,21-23,25-49,53-64H,7-20H2,1-5H3. The number of hydrogen-bond acceptors (Lipinski definition) is 22. The molecule has 9 fully saturated rings. The molecule has 4 aliphatic carbocycles. The fourth-order valence-corrected chi connectivity index (χ4v) is 15.7. The lowest BCUT2D eigenvalue weighted by Gasteiger charge is -2.58. The van der Waals surface area contributed by atoms with E-state index >= 15 is 0 Å². The Balaban J connectivity index is 0.858. The summed E-state index contributed by atoms with van der Waals surface area (Å²) >= 11 is 0. The van der Waals surface area contributed by atoms with Crippen molar-refractivity contribution in [3.8, 4) is 0 Å². The van der Waals surface area contributed by atoms with Crippen LogP contribution < -0.4 is 0 Å². The van der Waals surface area contributed by atoms with Crippen molar-refractivity contribution in [1.82, 2.24) is 0 Å². The number of aliphatic hydroxyl groups is 12. The summed E-state index contributed by atoms with van der Waals surface area (Å²) in [6.07, 6.45) is -21.0. The second kappa shape index (κ2) is 21.7. The second-order valence-corrected chi connectivity index (χ2v) is 24.2. The van der Waals surface area contributed by atoms with Gasteiger partial charge in [0.2, 0.25) is 0 Å². The van der Waals surface area contributed by atoms with Crippen molar-refractivity contribution < 1.29 is 109 Å². The molecule has 6 aliphatic heterocycles. The van der Waals surface area contributed by atoms with E-state index in [0.29, 0.717) is 48.3 Å². The van der Waals surface area contributed by atoms with Crippen molar-refractivity contribution >= 4 is 0 Å². The lowest BCUT2D eigenvalue weighted by atomic mass is 9.47. The van der Waals surface area contributed by atoms with E-state index in [1.54, 1.807) is 0 Å². The lowest BCUT2D eigenvalue weighted by Crippen LogP contribution is -2.66. The van der Waals surface area contributed by atoms with Crippen molar-refractivity contribution in [1.29, 1.82) is 0 Å². The zero-order valence-electron chi connectivity index (χ0n) is 43.1. The van der Waals surface area contributed by atoms with Gasteiger partial charge < -0.3 is 109 Å². The molecule has 22 nitrogen and oxygen atoms in total. The molecule has 12 N–H and O–H groups in total. The summed E-state index contributed by atoms with van der Waals surface area (Å²) in [5.41, 5.74) is 1.36. The molecule has 3 saturated carbocycles. The summed E-state index contributed by atoms with van der Waals surface area (Å²) < 4.78 is 62.3. The average molecular weight is 1060 g/mol. The van der Waals surface area contributed by atoms with Gasteiger partial charge in [-0.2, -0.15) is 0 Å². The fourth-order valence-electron chi connectivity index (χ4n) is 15.7. The Morgan fingerprint density at radius 2 is 1.24 bits per heavy atom. The first-order valence-electron chi connectivity index (χ1n) is 27.3. The predicted molar refractivity (Wildman–Crippen MR) is 252 cm³/mol. The molecule has 1 spiro atoms. The summed E-state index contributed by atoms with van der Waals surface area (Å²) in [6.45, 7) is 8.91.